The minimum Gasteiger partial charge on any atom is -0.507 e. The van der Waals surface area contributed by atoms with Crippen LogP contribution >= 0.6 is 0 Å². The average Bonchev–Trinajstić information content (AvgIpc) is 3.50. The fraction of sp³-hybridized carbons (Fsp3) is 0.276. The normalized spacial score (nSPS) is 16.8. The molecular weight excluding hydrogens is 470 g/mol. The van der Waals surface area contributed by atoms with E-state index in [2.05, 4.69) is 11.6 Å². The van der Waals surface area contributed by atoms with Crippen molar-refractivity contribution < 1.29 is 24.2 Å². The molecule has 37 heavy (non-hydrogen) atoms. The Hall–Kier alpha value is -4.33. The highest BCUT2D eigenvalue weighted by atomic mass is 16.5. The number of rotatable bonds is 11. The Kier molecular flexibility index (Phi) is 8.08. The monoisotopic (exact) mass is 501 g/mol. The van der Waals surface area contributed by atoms with E-state index in [0.717, 1.165) is 0 Å². The van der Waals surface area contributed by atoms with Gasteiger partial charge >= 0.3 is 0 Å². The number of Topliss-reactive ketones (excluding diaryl/α,β-unsaturated/α-hetero) is 1. The lowest BCUT2D eigenvalue weighted by Crippen LogP contribution is -2.31. The maximum Gasteiger partial charge on any atom is 0.295 e. The Morgan fingerprint density at radius 3 is 2.41 bits per heavy atom. The Morgan fingerprint density at radius 1 is 1.08 bits per heavy atom. The van der Waals surface area contributed by atoms with Gasteiger partial charge in [-0.25, -0.2) is 4.98 Å². The van der Waals surface area contributed by atoms with Gasteiger partial charge in [-0.05, 0) is 62.2 Å². The van der Waals surface area contributed by atoms with E-state index >= 15 is 0 Å². The Balaban J connectivity index is 1.68. The first-order chi connectivity index (χ1) is 17.9. The van der Waals surface area contributed by atoms with Crippen LogP contribution in [-0.4, -0.2) is 50.5 Å². The van der Waals surface area contributed by atoms with Crippen LogP contribution in [0.4, 0.5) is 0 Å². The number of carbonyl (C=O) groups excluding carboxylic acids is 2. The van der Waals surface area contributed by atoms with Crippen molar-refractivity contribution in [1.29, 1.82) is 0 Å². The van der Waals surface area contributed by atoms with Crippen molar-refractivity contribution >= 4 is 17.4 Å². The number of ketones is 1. The second kappa shape index (κ2) is 11.6. The smallest absolute Gasteiger partial charge is 0.295 e. The first kappa shape index (κ1) is 25.8. The van der Waals surface area contributed by atoms with Crippen LogP contribution in [0.15, 0.2) is 85.5 Å². The largest absolute Gasteiger partial charge is 0.507 e. The predicted octanol–water partition coefficient (Wildman–Crippen LogP) is 4.75. The number of ether oxygens (including phenoxy) is 2. The fourth-order valence-corrected chi connectivity index (χ4v) is 4.32. The zero-order valence-electron chi connectivity index (χ0n) is 21.0. The van der Waals surface area contributed by atoms with Crippen LogP contribution in [0.1, 0.15) is 37.4 Å². The molecule has 0 radical (unpaired) electrons. The lowest BCUT2D eigenvalue weighted by atomic mass is 9.95. The molecular formula is C29H31N3O5. The van der Waals surface area contributed by atoms with Gasteiger partial charge in [-0.2, -0.15) is 0 Å². The lowest BCUT2D eigenvalue weighted by Gasteiger charge is -2.25. The molecule has 2 heterocycles. The van der Waals surface area contributed by atoms with Gasteiger partial charge < -0.3 is 24.0 Å². The molecule has 0 bridgehead atoms. The van der Waals surface area contributed by atoms with Crippen molar-refractivity contribution in [3.63, 3.8) is 0 Å². The summed E-state index contributed by atoms with van der Waals surface area (Å²) < 4.78 is 13.2. The number of aliphatic hydroxyl groups is 1. The van der Waals surface area contributed by atoms with Gasteiger partial charge in [0.1, 0.15) is 23.9 Å². The third-order valence-electron chi connectivity index (χ3n) is 5.98. The Bertz CT molecular complexity index is 1260. The fourth-order valence-electron chi connectivity index (χ4n) is 4.32. The highest BCUT2D eigenvalue weighted by molar-refractivity contribution is 6.46. The predicted molar refractivity (Wildman–Crippen MR) is 140 cm³/mol. The topological polar surface area (TPSA) is 93.9 Å². The summed E-state index contributed by atoms with van der Waals surface area (Å²) in [4.78, 5) is 32.0. The summed E-state index contributed by atoms with van der Waals surface area (Å²) in [5.41, 5.74) is 1.20. The molecule has 3 aromatic rings. The molecule has 0 aliphatic carbocycles. The molecule has 1 N–H and O–H groups in total. The number of carbonyl (C=O) groups is 2. The van der Waals surface area contributed by atoms with Gasteiger partial charge in [-0.3, -0.25) is 9.59 Å². The van der Waals surface area contributed by atoms with Gasteiger partial charge in [0, 0.05) is 31.0 Å². The number of aromatic nitrogens is 2. The zero-order valence-corrected chi connectivity index (χ0v) is 21.0. The first-order valence-corrected chi connectivity index (χ1v) is 12.2. The van der Waals surface area contributed by atoms with Gasteiger partial charge in [0.25, 0.3) is 11.7 Å². The van der Waals surface area contributed by atoms with Crippen molar-refractivity contribution in [2.75, 3.05) is 13.2 Å². The summed E-state index contributed by atoms with van der Waals surface area (Å²) in [7, 11) is 0. The van der Waals surface area contributed by atoms with Gasteiger partial charge in [0.05, 0.1) is 24.0 Å². The van der Waals surface area contributed by atoms with E-state index in [9.17, 15) is 14.7 Å². The number of hydrogen-bond donors (Lipinski definition) is 1. The van der Waals surface area contributed by atoms with Crippen molar-refractivity contribution in [2.24, 2.45) is 0 Å². The molecule has 8 nitrogen and oxygen atoms in total. The summed E-state index contributed by atoms with van der Waals surface area (Å²) in [5, 5.41) is 11.3. The number of aryl methyl sites for hydroxylation is 1. The van der Waals surface area contributed by atoms with Gasteiger partial charge in [0.15, 0.2) is 0 Å². The molecule has 1 aromatic heterocycles. The summed E-state index contributed by atoms with van der Waals surface area (Å²) in [6, 6.07) is 13.3. The molecule has 0 unspecified atom stereocenters. The summed E-state index contributed by atoms with van der Waals surface area (Å²) in [5.74, 6) is -0.272. The highest BCUT2D eigenvalue weighted by Gasteiger charge is 2.45. The van der Waals surface area contributed by atoms with Crippen molar-refractivity contribution in [1.82, 2.24) is 14.5 Å². The molecule has 0 saturated carbocycles. The van der Waals surface area contributed by atoms with E-state index in [-0.39, 0.29) is 17.4 Å². The molecule has 2 aromatic carbocycles. The number of aliphatic hydroxyl groups excluding tert-OH is 1. The van der Waals surface area contributed by atoms with Crippen LogP contribution in [0.2, 0.25) is 0 Å². The van der Waals surface area contributed by atoms with Crippen molar-refractivity contribution in [3.8, 4) is 11.5 Å². The van der Waals surface area contributed by atoms with E-state index in [1.54, 1.807) is 55.0 Å². The standard InChI is InChI=1S/C29H31N3O5/c1-4-18-36-23-10-6-21(7-11-23)26-25(27(33)22-8-12-24(13-9-22)37-20(2)3)28(34)29(35)32(26)16-5-15-31-17-14-30-19-31/h4,6-14,17,19-20,26,33H,1,5,15-16,18H2,2-3H3/t26-/m1/s1. The molecule has 1 saturated heterocycles. The quantitative estimate of drug-likeness (QED) is 0.176. The van der Waals surface area contributed by atoms with Crippen LogP contribution in [0.25, 0.3) is 5.76 Å². The Morgan fingerprint density at radius 2 is 1.78 bits per heavy atom. The average molecular weight is 502 g/mol. The molecule has 1 aliphatic heterocycles. The van der Waals surface area contributed by atoms with Crippen LogP contribution in [0.3, 0.4) is 0 Å². The molecule has 192 valence electrons. The molecule has 1 atom stereocenters. The Labute approximate surface area is 216 Å². The van der Waals surface area contributed by atoms with Gasteiger partial charge in [0.2, 0.25) is 0 Å². The molecule has 4 rings (SSSR count). The summed E-state index contributed by atoms with van der Waals surface area (Å²) in [6.07, 6.45) is 7.52. The maximum absolute atomic E-state index is 13.2. The summed E-state index contributed by atoms with van der Waals surface area (Å²) >= 11 is 0. The van der Waals surface area contributed by atoms with Crippen LogP contribution < -0.4 is 9.47 Å². The number of nitrogens with zero attached hydrogens (tertiary/aromatic N) is 3. The number of likely N-dealkylation sites (tertiary alicyclic amines) is 1. The van der Waals surface area contributed by atoms with E-state index in [4.69, 9.17) is 9.47 Å². The molecule has 1 fully saturated rings. The maximum atomic E-state index is 13.2. The molecule has 0 spiro atoms. The van der Waals surface area contributed by atoms with Gasteiger partial charge in [-0.15, -0.1) is 0 Å². The number of hydrogen-bond acceptors (Lipinski definition) is 6. The second-order valence-electron chi connectivity index (χ2n) is 9.01. The lowest BCUT2D eigenvalue weighted by molar-refractivity contribution is -0.139. The molecule has 1 aliphatic rings. The van der Waals surface area contributed by atoms with Crippen LogP contribution in [0.5, 0.6) is 11.5 Å². The third-order valence-corrected chi connectivity index (χ3v) is 5.98. The highest BCUT2D eigenvalue weighted by Crippen LogP contribution is 2.40. The third kappa shape index (κ3) is 5.91. The summed E-state index contributed by atoms with van der Waals surface area (Å²) in [6.45, 7) is 8.84. The van der Waals surface area contributed by atoms with Crippen LogP contribution in [-0.2, 0) is 16.1 Å². The second-order valence-corrected chi connectivity index (χ2v) is 9.01. The van der Waals surface area contributed by atoms with E-state index < -0.39 is 17.7 Å². The zero-order chi connectivity index (χ0) is 26.4. The van der Waals surface area contributed by atoms with Crippen molar-refractivity contribution in [2.45, 2.75) is 39.0 Å². The van der Waals surface area contributed by atoms with E-state index in [1.165, 1.54) is 4.90 Å². The molecule has 8 heteroatoms. The number of amides is 1. The van der Waals surface area contributed by atoms with E-state index in [1.807, 2.05) is 36.7 Å². The number of imidazole rings is 1. The molecule has 1 amide bonds. The first-order valence-electron chi connectivity index (χ1n) is 12.2. The SMILES string of the molecule is C=CCOc1ccc([C@@H]2C(=C(O)c3ccc(OC(C)C)cc3)C(=O)C(=O)N2CCCn2ccnc2)cc1. The van der Waals surface area contributed by atoms with Crippen molar-refractivity contribution in [3.05, 3.63) is 96.6 Å². The van der Waals surface area contributed by atoms with Gasteiger partial charge in [-0.1, -0.05) is 24.8 Å². The van der Waals surface area contributed by atoms with Crippen LogP contribution in [0, 0.1) is 0 Å². The minimum atomic E-state index is -0.733. The number of benzene rings is 2. The minimum absolute atomic E-state index is 0.00512. The van der Waals surface area contributed by atoms with E-state index in [0.29, 0.717) is 48.7 Å².